The molecule has 0 amide bonds. The summed E-state index contributed by atoms with van der Waals surface area (Å²) < 4.78 is 20.0. The number of nitriles is 1. The molecule has 32 heavy (non-hydrogen) atoms. The van der Waals surface area contributed by atoms with E-state index in [1.54, 1.807) is 12.1 Å². The molecule has 0 aromatic heterocycles. The summed E-state index contributed by atoms with van der Waals surface area (Å²) in [4.78, 5) is 0. The smallest absolute Gasteiger partial charge is 0.238 e. The number of rotatable bonds is 15. The predicted molar refractivity (Wildman–Crippen MR) is 129 cm³/mol. The first-order chi connectivity index (χ1) is 15.0. The van der Waals surface area contributed by atoms with Crippen LogP contribution in [0.1, 0.15) is 50.5 Å². The molecule has 0 aliphatic heterocycles. The lowest BCUT2D eigenvalue weighted by Crippen LogP contribution is -2.36. The van der Waals surface area contributed by atoms with Gasteiger partial charge in [0.25, 0.3) is 0 Å². The van der Waals surface area contributed by atoms with E-state index in [0.29, 0.717) is 12.1 Å². The largest absolute Gasteiger partial charge is 0.399 e. The normalized spacial score (nSPS) is 18.8. The maximum absolute atomic E-state index is 14.3. The summed E-state index contributed by atoms with van der Waals surface area (Å²) in [5, 5.41) is 22.4. The summed E-state index contributed by atoms with van der Waals surface area (Å²) in [6.07, 6.45) is 9.65. The standard InChI is InChI=1S/C25H36FN3O2.ClH/c26-25(20-27)18-22(13-14-24(25)28)23(30)19-29-15-7-1-2-8-16-31-17-9-6-12-21-10-4-3-5-11-21;/h3-5,10-11,13-14,23,29-30H,1-2,6-9,12,15-19,28H2;1H. The third kappa shape index (κ3) is 10.1. The number of nitrogens with two attached hydrogens (primary N) is 1. The number of nitrogens with one attached hydrogen (secondary N) is 1. The van der Waals surface area contributed by atoms with Crippen molar-refractivity contribution in [3.05, 3.63) is 59.3 Å². The lowest BCUT2D eigenvalue weighted by Gasteiger charge is -2.26. The molecule has 7 heteroatoms. The van der Waals surface area contributed by atoms with Gasteiger partial charge in [0.15, 0.2) is 0 Å². The van der Waals surface area contributed by atoms with Crippen LogP contribution in [0.5, 0.6) is 0 Å². The fourth-order valence-electron chi connectivity index (χ4n) is 3.56. The van der Waals surface area contributed by atoms with Crippen molar-refractivity contribution >= 4 is 12.4 Å². The summed E-state index contributed by atoms with van der Waals surface area (Å²) >= 11 is 0. The number of aliphatic hydroxyl groups is 1. The highest BCUT2D eigenvalue weighted by Crippen LogP contribution is 2.31. The van der Waals surface area contributed by atoms with Crippen LogP contribution < -0.4 is 11.1 Å². The molecule has 1 aliphatic rings. The van der Waals surface area contributed by atoms with Gasteiger partial charge in [-0.25, -0.2) is 4.39 Å². The zero-order chi connectivity index (χ0) is 22.4. The molecule has 0 bridgehead atoms. The number of alkyl halides is 1. The minimum Gasteiger partial charge on any atom is -0.399 e. The number of halogens is 2. The van der Waals surface area contributed by atoms with E-state index < -0.39 is 11.8 Å². The van der Waals surface area contributed by atoms with Gasteiger partial charge in [-0.2, -0.15) is 5.26 Å². The Morgan fingerprint density at radius 3 is 2.50 bits per heavy atom. The topological polar surface area (TPSA) is 91.3 Å². The van der Waals surface area contributed by atoms with Crippen molar-refractivity contribution in [2.45, 2.75) is 63.1 Å². The van der Waals surface area contributed by atoms with Crippen LogP contribution in [0, 0.1) is 11.3 Å². The molecule has 0 spiro atoms. The number of hydrogen-bond acceptors (Lipinski definition) is 5. The quantitative estimate of drug-likeness (QED) is 0.335. The molecule has 1 aromatic rings. The molecule has 0 fully saturated rings. The van der Waals surface area contributed by atoms with Crippen LogP contribution in [-0.2, 0) is 11.2 Å². The van der Waals surface area contributed by atoms with Gasteiger partial charge in [-0.1, -0.05) is 49.2 Å². The Labute approximate surface area is 197 Å². The molecule has 0 saturated heterocycles. The second-order valence-corrected chi connectivity index (χ2v) is 8.14. The third-order valence-electron chi connectivity index (χ3n) is 5.56. The Kier molecular flexibility index (Phi) is 13.9. The maximum atomic E-state index is 14.3. The van der Waals surface area contributed by atoms with Gasteiger partial charge in [-0.05, 0) is 55.9 Å². The Morgan fingerprint density at radius 2 is 1.78 bits per heavy atom. The lowest BCUT2D eigenvalue weighted by molar-refractivity contribution is 0.126. The van der Waals surface area contributed by atoms with E-state index >= 15 is 0 Å². The fraction of sp³-hybridized carbons (Fsp3) is 0.560. The van der Waals surface area contributed by atoms with Crippen LogP contribution in [0.25, 0.3) is 0 Å². The average Bonchev–Trinajstić information content (AvgIpc) is 2.79. The van der Waals surface area contributed by atoms with Crippen LogP contribution in [0.15, 0.2) is 53.8 Å². The highest BCUT2D eigenvalue weighted by Gasteiger charge is 2.37. The molecule has 178 valence electrons. The van der Waals surface area contributed by atoms with Gasteiger partial charge >= 0.3 is 0 Å². The predicted octanol–water partition coefficient (Wildman–Crippen LogP) is 4.36. The second kappa shape index (κ2) is 15.8. The van der Waals surface area contributed by atoms with Gasteiger partial charge in [-0.15, -0.1) is 12.4 Å². The molecule has 1 aliphatic carbocycles. The molecule has 1 aromatic carbocycles. The van der Waals surface area contributed by atoms with E-state index in [4.69, 9.17) is 15.7 Å². The Morgan fingerprint density at radius 1 is 1.09 bits per heavy atom. The van der Waals surface area contributed by atoms with E-state index in [2.05, 4.69) is 29.6 Å². The van der Waals surface area contributed by atoms with Gasteiger partial charge in [0.05, 0.1) is 11.8 Å². The van der Waals surface area contributed by atoms with E-state index in [0.717, 1.165) is 64.7 Å². The van der Waals surface area contributed by atoms with Crippen molar-refractivity contribution in [2.75, 3.05) is 26.3 Å². The van der Waals surface area contributed by atoms with Crippen LogP contribution in [0.2, 0.25) is 0 Å². The van der Waals surface area contributed by atoms with Crippen molar-refractivity contribution in [2.24, 2.45) is 5.73 Å². The molecule has 0 saturated carbocycles. The highest BCUT2D eigenvalue weighted by atomic mass is 35.5. The number of aryl methyl sites for hydroxylation is 1. The molecular formula is C25H37ClFN3O2. The van der Waals surface area contributed by atoms with E-state index in [-0.39, 0.29) is 24.5 Å². The summed E-state index contributed by atoms with van der Waals surface area (Å²) in [6, 6.07) is 12.1. The van der Waals surface area contributed by atoms with Crippen molar-refractivity contribution in [3.63, 3.8) is 0 Å². The monoisotopic (exact) mass is 465 g/mol. The molecule has 0 radical (unpaired) electrons. The van der Waals surface area contributed by atoms with E-state index in [1.807, 2.05) is 6.07 Å². The molecule has 0 heterocycles. The molecule has 4 N–H and O–H groups in total. The van der Waals surface area contributed by atoms with Gasteiger partial charge in [-0.3, -0.25) is 0 Å². The number of aliphatic hydroxyl groups excluding tert-OH is 1. The first kappa shape index (κ1) is 28.1. The number of hydrogen-bond donors (Lipinski definition) is 3. The molecule has 5 nitrogen and oxygen atoms in total. The number of benzene rings is 1. The van der Waals surface area contributed by atoms with Crippen LogP contribution in [-0.4, -0.2) is 43.2 Å². The molecule has 2 atom stereocenters. The summed E-state index contributed by atoms with van der Waals surface area (Å²) in [7, 11) is 0. The Bertz CT molecular complexity index is 751. The van der Waals surface area contributed by atoms with Crippen LogP contribution in [0.4, 0.5) is 4.39 Å². The average molecular weight is 466 g/mol. The third-order valence-corrected chi connectivity index (χ3v) is 5.56. The lowest BCUT2D eigenvalue weighted by atomic mass is 9.87. The van der Waals surface area contributed by atoms with Crippen molar-refractivity contribution in [1.29, 1.82) is 5.26 Å². The first-order valence-corrected chi connectivity index (χ1v) is 11.3. The molecule has 2 unspecified atom stereocenters. The molecular weight excluding hydrogens is 429 g/mol. The number of ether oxygens (including phenoxy) is 1. The van der Waals surface area contributed by atoms with Gasteiger partial charge in [0.1, 0.15) is 6.07 Å². The van der Waals surface area contributed by atoms with Gasteiger partial charge < -0.3 is 20.9 Å². The second-order valence-electron chi connectivity index (χ2n) is 8.14. The van der Waals surface area contributed by atoms with Crippen molar-refractivity contribution in [1.82, 2.24) is 5.32 Å². The Balaban J connectivity index is 0.00000512. The fourth-order valence-corrected chi connectivity index (χ4v) is 3.56. The zero-order valence-corrected chi connectivity index (χ0v) is 19.6. The van der Waals surface area contributed by atoms with Gasteiger partial charge in [0.2, 0.25) is 5.67 Å². The van der Waals surface area contributed by atoms with Crippen molar-refractivity contribution in [3.8, 4) is 6.07 Å². The van der Waals surface area contributed by atoms with E-state index in [9.17, 15) is 9.50 Å². The van der Waals surface area contributed by atoms with Crippen LogP contribution in [0.3, 0.4) is 0 Å². The minimum atomic E-state index is -2.21. The molecule has 2 rings (SSSR count). The van der Waals surface area contributed by atoms with Crippen LogP contribution >= 0.6 is 12.4 Å². The van der Waals surface area contributed by atoms with E-state index in [1.165, 1.54) is 11.6 Å². The summed E-state index contributed by atoms with van der Waals surface area (Å²) in [5.74, 6) is 0. The summed E-state index contributed by atoms with van der Waals surface area (Å²) in [6.45, 7) is 2.77. The number of unbranched alkanes of at least 4 members (excludes halogenated alkanes) is 4. The number of allylic oxidation sites excluding steroid dienone is 3. The van der Waals surface area contributed by atoms with Crippen molar-refractivity contribution < 1.29 is 14.2 Å². The highest BCUT2D eigenvalue weighted by molar-refractivity contribution is 5.85. The first-order valence-electron chi connectivity index (χ1n) is 11.3. The maximum Gasteiger partial charge on any atom is 0.238 e. The zero-order valence-electron chi connectivity index (χ0n) is 18.8. The minimum absolute atomic E-state index is 0. The Hall–Kier alpha value is -1.91. The summed E-state index contributed by atoms with van der Waals surface area (Å²) in [5.41, 5.74) is 5.11. The number of nitrogens with zero attached hydrogens (tertiary/aromatic N) is 1. The van der Waals surface area contributed by atoms with Gasteiger partial charge in [0, 0.05) is 26.2 Å². The SMILES string of the molecule is Cl.N#CC1(F)CC(C(O)CNCCCCCCOCCCCc2ccccc2)=CC=C1N.